The number of carboxylic acids is 1. The molecular weight excluding hydrogens is 378 g/mol. The van der Waals surface area contributed by atoms with Crippen molar-refractivity contribution in [3.8, 4) is 0 Å². The van der Waals surface area contributed by atoms with Crippen molar-refractivity contribution in [1.29, 1.82) is 0 Å². The summed E-state index contributed by atoms with van der Waals surface area (Å²) in [4.78, 5) is 11.1. The van der Waals surface area contributed by atoms with E-state index < -0.39 is 22.0 Å². The van der Waals surface area contributed by atoms with Crippen LogP contribution in [0.15, 0.2) is 14.7 Å². The standard InChI is InChI=1S/C10H13BrClNO4S2/c1-5(2)3-7(10(14)15)13-19(16,17)8-4-6(11)9(12)18-8/h4-5,7,13H,3H2,1-2H3,(H,14,15). The van der Waals surface area contributed by atoms with Crippen LogP contribution in [0.1, 0.15) is 20.3 Å². The maximum Gasteiger partial charge on any atom is 0.321 e. The molecule has 1 atom stereocenters. The van der Waals surface area contributed by atoms with Crippen LogP contribution in [-0.4, -0.2) is 25.5 Å². The molecule has 0 amide bonds. The Bertz CT molecular complexity index is 551. The van der Waals surface area contributed by atoms with E-state index in [1.54, 1.807) is 0 Å². The minimum Gasteiger partial charge on any atom is -0.480 e. The van der Waals surface area contributed by atoms with Gasteiger partial charge in [0.1, 0.15) is 14.6 Å². The van der Waals surface area contributed by atoms with Gasteiger partial charge in [0.05, 0.1) is 0 Å². The van der Waals surface area contributed by atoms with Crippen LogP contribution in [0.5, 0.6) is 0 Å². The minimum atomic E-state index is -3.88. The van der Waals surface area contributed by atoms with Crippen molar-refractivity contribution in [3.63, 3.8) is 0 Å². The lowest BCUT2D eigenvalue weighted by Crippen LogP contribution is -2.41. The summed E-state index contributed by atoms with van der Waals surface area (Å²) in [6.07, 6.45) is 0.217. The van der Waals surface area contributed by atoms with E-state index in [2.05, 4.69) is 20.7 Å². The van der Waals surface area contributed by atoms with Gasteiger partial charge in [-0.15, -0.1) is 11.3 Å². The summed E-state index contributed by atoms with van der Waals surface area (Å²) in [5.74, 6) is -1.14. The molecule has 0 radical (unpaired) electrons. The lowest BCUT2D eigenvalue weighted by atomic mass is 10.1. The van der Waals surface area contributed by atoms with Crippen LogP contribution in [0.2, 0.25) is 4.34 Å². The molecule has 9 heteroatoms. The first-order valence-corrected chi connectivity index (χ1v) is 8.80. The van der Waals surface area contributed by atoms with E-state index in [4.69, 9.17) is 16.7 Å². The molecule has 0 aromatic carbocycles. The predicted octanol–water partition coefficient (Wildman–Crippen LogP) is 2.94. The fraction of sp³-hybridized carbons (Fsp3) is 0.500. The maximum absolute atomic E-state index is 12.1. The average molecular weight is 391 g/mol. The Balaban J connectivity index is 2.97. The lowest BCUT2D eigenvalue weighted by molar-refractivity contribution is -0.139. The van der Waals surface area contributed by atoms with Gasteiger partial charge in [0.15, 0.2) is 0 Å². The average Bonchev–Trinajstić information content (AvgIpc) is 2.58. The van der Waals surface area contributed by atoms with Crippen LogP contribution in [0.4, 0.5) is 0 Å². The second-order valence-corrected chi connectivity index (χ2v) is 8.78. The number of halogens is 2. The molecule has 1 aromatic heterocycles. The first kappa shape index (κ1) is 16.9. The summed E-state index contributed by atoms with van der Waals surface area (Å²) in [7, 11) is -3.88. The highest BCUT2D eigenvalue weighted by Gasteiger charge is 2.27. The fourth-order valence-electron chi connectivity index (χ4n) is 1.38. The topological polar surface area (TPSA) is 83.5 Å². The Labute approximate surface area is 129 Å². The summed E-state index contributed by atoms with van der Waals surface area (Å²) in [6, 6.07) is 0.202. The maximum atomic E-state index is 12.1. The van der Waals surface area contributed by atoms with E-state index >= 15 is 0 Å². The number of rotatable bonds is 6. The van der Waals surface area contributed by atoms with Gasteiger partial charge in [-0.2, -0.15) is 4.72 Å². The number of carboxylic acid groups (broad SMARTS) is 1. The largest absolute Gasteiger partial charge is 0.480 e. The molecule has 1 heterocycles. The first-order chi connectivity index (χ1) is 8.63. The fourth-order valence-corrected chi connectivity index (χ4v) is 4.89. The molecule has 19 heavy (non-hydrogen) atoms. The van der Waals surface area contributed by atoms with E-state index in [0.717, 1.165) is 11.3 Å². The molecule has 0 aliphatic heterocycles. The zero-order chi connectivity index (χ0) is 14.8. The van der Waals surface area contributed by atoms with Crippen LogP contribution in [0.25, 0.3) is 0 Å². The highest BCUT2D eigenvalue weighted by molar-refractivity contribution is 9.10. The monoisotopic (exact) mass is 389 g/mol. The van der Waals surface area contributed by atoms with E-state index in [9.17, 15) is 13.2 Å². The third-order valence-corrected chi connectivity index (χ3v) is 6.61. The molecule has 1 aromatic rings. The second-order valence-electron chi connectivity index (χ2n) is 4.33. The van der Waals surface area contributed by atoms with Crippen molar-refractivity contribution >= 4 is 54.9 Å². The summed E-state index contributed by atoms with van der Waals surface area (Å²) >= 11 is 9.76. The van der Waals surface area contributed by atoms with Crippen molar-refractivity contribution in [2.75, 3.05) is 0 Å². The molecule has 0 spiro atoms. The lowest BCUT2D eigenvalue weighted by Gasteiger charge is -2.15. The van der Waals surface area contributed by atoms with Crippen LogP contribution in [0.3, 0.4) is 0 Å². The van der Waals surface area contributed by atoms with Gasteiger partial charge < -0.3 is 5.11 Å². The Kier molecular flexibility index (Phi) is 5.81. The van der Waals surface area contributed by atoms with Gasteiger partial charge in [-0.3, -0.25) is 4.79 Å². The number of carbonyl (C=O) groups is 1. The van der Waals surface area contributed by atoms with Gasteiger partial charge in [-0.25, -0.2) is 8.42 Å². The zero-order valence-electron chi connectivity index (χ0n) is 10.2. The predicted molar refractivity (Wildman–Crippen MR) is 78.2 cm³/mol. The van der Waals surface area contributed by atoms with Gasteiger partial charge in [0, 0.05) is 4.47 Å². The molecule has 108 valence electrons. The highest BCUT2D eigenvalue weighted by Crippen LogP contribution is 2.34. The van der Waals surface area contributed by atoms with E-state index in [-0.39, 0.29) is 16.5 Å². The van der Waals surface area contributed by atoms with Crippen LogP contribution in [-0.2, 0) is 14.8 Å². The molecule has 0 saturated heterocycles. The quantitative estimate of drug-likeness (QED) is 0.782. The third-order valence-electron chi connectivity index (χ3n) is 2.19. The Morgan fingerprint density at radius 2 is 2.16 bits per heavy atom. The summed E-state index contributed by atoms with van der Waals surface area (Å²) in [5.41, 5.74) is 0. The molecule has 0 fully saturated rings. The van der Waals surface area contributed by atoms with Crippen molar-refractivity contribution in [2.45, 2.75) is 30.5 Å². The summed E-state index contributed by atoms with van der Waals surface area (Å²) < 4.78 is 27.0. The molecule has 1 unspecified atom stereocenters. The summed E-state index contributed by atoms with van der Waals surface area (Å²) in [6.45, 7) is 3.64. The van der Waals surface area contributed by atoms with E-state index in [0.29, 0.717) is 8.81 Å². The van der Waals surface area contributed by atoms with Crippen molar-refractivity contribution in [3.05, 3.63) is 14.9 Å². The Morgan fingerprint density at radius 3 is 2.53 bits per heavy atom. The van der Waals surface area contributed by atoms with Gasteiger partial charge in [0.25, 0.3) is 10.0 Å². The normalized spacial score (nSPS) is 13.7. The number of hydrogen-bond acceptors (Lipinski definition) is 4. The molecule has 2 N–H and O–H groups in total. The molecule has 5 nitrogen and oxygen atoms in total. The van der Waals surface area contributed by atoms with Crippen molar-refractivity contribution in [1.82, 2.24) is 4.72 Å². The van der Waals surface area contributed by atoms with Crippen molar-refractivity contribution < 1.29 is 18.3 Å². The number of hydrogen-bond donors (Lipinski definition) is 2. The molecule has 0 aliphatic rings. The number of nitrogens with one attached hydrogen (secondary N) is 1. The molecule has 0 saturated carbocycles. The van der Waals surface area contributed by atoms with Crippen molar-refractivity contribution in [2.24, 2.45) is 5.92 Å². The summed E-state index contributed by atoms with van der Waals surface area (Å²) in [5, 5.41) is 9.03. The SMILES string of the molecule is CC(C)CC(NS(=O)(=O)c1cc(Br)c(Cl)s1)C(=O)O. The second kappa shape index (κ2) is 6.53. The molecule has 1 rings (SSSR count). The molecular formula is C10H13BrClNO4S2. The minimum absolute atomic E-state index is 0.0145. The van der Waals surface area contributed by atoms with Crippen LogP contribution >= 0.6 is 38.9 Å². The zero-order valence-corrected chi connectivity index (χ0v) is 14.2. The third kappa shape index (κ3) is 4.71. The van der Waals surface area contributed by atoms with Gasteiger partial charge in [0.2, 0.25) is 0 Å². The molecule has 0 bridgehead atoms. The van der Waals surface area contributed by atoms with Gasteiger partial charge in [-0.1, -0.05) is 25.4 Å². The Morgan fingerprint density at radius 1 is 1.58 bits per heavy atom. The number of aliphatic carboxylic acids is 1. The Hall–Kier alpha value is -0.150. The molecule has 0 aliphatic carbocycles. The number of thiophene rings is 1. The number of sulfonamides is 1. The first-order valence-electron chi connectivity index (χ1n) is 5.33. The smallest absolute Gasteiger partial charge is 0.321 e. The van der Waals surface area contributed by atoms with Crippen LogP contribution < -0.4 is 4.72 Å². The van der Waals surface area contributed by atoms with Crippen LogP contribution in [0, 0.1) is 5.92 Å². The van der Waals surface area contributed by atoms with Gasteiger partial charge in [-0.05, 0) is 34.3 Å². The highest BCUT2D eigenvalue weighted by atomic mass is 79.9. The van der Waals surface area contributed by atoms with Gasteiger partial charge >= 0.3 is 5.97 Å². The van der Waals surface area contributed by atoms with E-state index in [1.807, 2.05) is 13.8 Å². The van der Waals surface area contributed by atoms with E-state index in [1.165, 1.54) is 6.07 Å².